The number of halogens is 3. The normalized spacial score (nSPS) is 14.9. The minimum absolute atomic E-state index is 0.0417. The van der Waals surface area contributed by atoms with Crippen molar-refractivity contribution in [2.24, 2.45) is 0 Å². The van der Waals surface area contributed by atoms with E-state index < -0.39 is 11.7 Å². The fourth-order valence-electron chi connectivity index (χ4n) is 3.40. The SMILES string of the molecule is C=CCOc1ccccc1/C=C1\CCn2c1nc1cc(C(F)(F)F)ccc1c2=O. The number of benzene rings is 2. The summed E-state index contributed by atoms with van der Waals surface area (Å²) >= 11 is 0. The topological polar surface area (TPSA) is 44.1 Å². The Labute approximate surface area is 164 Å². The maximum atomic E-state index is 13.1. The summed E-state index contributed by atoms with van der Waals surface area (Å²) in [5.74, 6) is 1.04. The maximum absolute atomic E-state index is 13.1. The van der Waals surface area contributed by atoms with Crippen LogP contribution in [0.15, 0.2) is 59.9 Å². The molecule has 148 valence electrons. The van der Waals surface area contributed by atoms with E-state index >= 15 is 0 Å². The van der Waals surface area contributed by atoms with Crippen LogP contribution in [0.3, 0.4) is 0 Å². The number of alkyl halides is 3. The minimum atomic E-state index is -4.49. The Morgan fingerprint density at radius 1 is 1.21 bits per heavy atom. The van der Waals surface area contributed by atoms with Crippen LogP contribution in [-0.4, -0.2) is 16.2 Å². The quantitative estimate of drug-likeness (QED) is 0.586. The fraction of sp³-hybridized carbons (Fsp3) is 0.182. The molecule has 3 aromatic rings. The molecule has 4 rings (SSSR count). The average molecular weight is 398 g/mol. The second-order valence-electron chi connectivity index (χ2n) is 6.68. The number of ether oxygens (including phenoxy) is 1. The van der Waals surface area contributed by atoms with E-state index in [1.807, 2.05) is 30.3 Å². The highest BCUT2D eigenvalue weighted by Gasteiger charge is 2.31. The zero-order chi connectivity index (χ0) is 20.6. The molecule has 0 bridgehead atoms. The molecule has 0 radical (unpaired) electrons. The summed E-state index contributed by atoms with van der Waals surface area (Å²) < 4.78 is 46.3. The smallest absolute Gasteiger partial charge is 0.416 e. The van der Waals surface area contributed by atoms with Gasteiger partial charge in [-0.3, -0.25) is 9.36 Å². The molecule has 1 aliphatic rings. The average Bonchev–Trinajstić information content (AvgIpc) is 3.09. The molecular weight excluding hydrogens is 381 g/mol. The highest BCUT2D eigenvalue weighted by molar-refractivity contribution is 5.86. The highest BCUT2D eigenvalue weighted by atomic mass is 19.4. The largest absolute Gasteiger partial charge is 0.489 e. The van der Waals surface area contributed by atoms with Gasteiger partial charge < -0.3 is 4.74 Å². The van der Waals surface area contributed by atoms with Gasteiger partial charge in [0.25, 0.3) is 5.56 Å². The van der Waals surface area contributed by atoms with Gasteiger partial charge >= 0.3 is 6.18 Å². The summed E-state index contributed by atoms with van der Waals surface area (Å²) in [4.78, 5) is 17.2. The molecule has 0 unspecified atom stereocenters. The molecule has 1 aromatic heterocycles. The van der Waals surface area contributed by atoms with Crippen LogP contribution < -0.4 is 10.3 Å². The van der Waals surface area contributed by atoms with Crippen molar-refractivity contribution in [3.8, 4) is 5.75 Å². The van der Waals surface area contributed by atoms with Crippen molar-refractivity contribution in [2.45, 2.75) is 19.1 Å². The molecule has 0 N–H and O–H groups in total. The number of allylic oxidation sites excluding steroid dienone is 1. The van der Waals surface area contributed by atoms with Crippen LogP contribution in [-0.2, 0) is 12.7 Å². The Morgan fingerprint density at radius 3 is 2.76 bits per heavy atom. The minimum Gasteiger partial charge on any atom is -0.489 e. The Bertz CT molecular complexity index is 1190. The standard InChI is InChI=1S/C22H17F3N2O2/c1-2-11-29-19-6-4-3-5-14(19)12-15-9-10-27-20(15)26-18-13-16(22(23,24)25)7-8-17(18)21(27)28/h2-8,12-13H,1,9-11H2/b15-12+. The first-order valence-electron chi connectivity index (χ1n) is 9.04. The number of para-hydroxylation sites is 1. The van der Waals surface area contributed by atoms with Gasteiger partial charge in [-0.15, -0.1) is 0 Å². The van der Waals surface area contributed by atoms with Gasteiger partial charge in [-0.2, -0.15) is 13.2 Å². The Morgan fingerprint density at radius 2 is 2.00 bits per heavy atom. The number of fused-ring (bicyclic) bond motifs is 2. The molecule has 0 fully saturated rings. The van der Waals surface area contributed by atoms with Gasteiger partial charge in [0.15, 0.2) is 0 Å². The van der Waals surface area contributed by atoms with Gasteiger partial charge in [-0.1, -0.05) is 30.9 Å². The van der Waals surface area contributed by atoms with E-state index in [0.717, 1.165) is 23.3 Å². The van der Waals surface area contributed by atoms with Crippen LogP contribution >= 0.6 is 0 Å². The van der Waals surface area contributed by atoms with Crippen molar-refractivity contribution in [3.05, 3.63) is 82.4 Å². The number of rotatable bonds is 4. The third-order valence-corrected chi connectivity index (χ3v) is 4.78. The van der Waals surface area contributed by atoms with Gasteiger partial charge in [-0.05, 0) is 42.3 Å². The van der Waals surface area contributed by atoms with E-state index in [4.69, 9.17) is 4.74 Å². The van der Waals surface area contributed by atoms with E-state index in [-0.39, 0.29) is 16.5 Å². The van der Waals surface area contributed by atoms with Crippen molar-refractivity contribution < 1.29 is 17.9 Å². The molecule has 0 amide bonds. The summed E-state index contributed by atoms with van der Waals surface area (Å²) in [5, 5.41) is 0.178. The number of aromatic nitrogens is 2. The van der Waals surface area contributed by atoms with Crippen molar-refractivity contribution in [1.82, 2.24) is 9.55 Å². The Balaban J connectivity index is 1.83. The van der Waals surface area contributed by atoms with Crippen LogP contribution in [0.5, 0.6) is 5.75 Å². The van der Waals surface area contributed by atoms with Gasteiger partial charge in [0.2, 0.25) is 0 Å². The van der Waals surface area contributed by atoms with E-state index in [1.165, 1.54) is 10.6 Å². The summed E-state index contributed by atoms with van der Waals surface area (Å²) in [5.41, 5.74) is 0.458. The summed E-state index contributed by atoms with van der Waals surface area (Å²) in [6, 6.07) is 10.4. The number of nitrogens with zero attached hydrogens (tertiary/aromatic N) is 2. The molecular formula is C22H17F3N2O2. The molecule has 0 saturated heterocycles. The molecule has 0 aliphatic carbocycles. The summed E-state index contributed by atoms with van der Waals surface area (Å²) in [6.07, 6.45) is -0.435. The zero-order valence-electron chi connectivity index (χ0n) is 15.4. The monoisotopic (exact) mass is 398 g/mol. The highest BCUT2D eigenvalue weighted by Crippen LogP contribution is 2.33. The lowest BCUT2D eigenvalue weighted by Crippen LogP contribution is -2.21. The van der Waals surface area contributed by atoms with Gasteiger partial charge in [0.05, 0.1) is 16.5 Å². The molecule has 0 atom stereocenters. The number of hydrogen-bond donors (Lipinski definition) is 0. The van der Waals surface area contributed by atoms with Gasteiger partial charge in [0.1, 0.15) is 18.2 Å². The molecule has 0 spiro atoms. The molecule has 4 nitrogen and oxygen atoms in total. The van der Waals surface area contributed by atoms with E-state index in [9.17, 15) is 18.0 Å². The van der Waals surface area contributed by atoms with Gasteiger partial charge in [0, 0.05) is 12.1 Å². The Hall–Kier alpha value is -3.35. The predicted octanol–water partition coefficient (Wildman–Crippen LogP) is 4.92. The van der Waals surface area contributed by atoms with Crippen LogP contribution in [0.4, 0.5) is 13.2 Å². The maximum Gasteiger partial charge on any atom is 0.416 e. The first-order valence-corrected chi connectivity index (χ1v) is 9.04. The first kappa shape index (κ1) is 19.0. The molecule has 1 aliphatic heterocycles. The predicted molar refractivity (Wildman–Crippen MR) is 106 cm³/mol. The van der Waals surface area contributed by atoms with E-state index in [1.54, 1.807) is 6.08 Å². The van der Waals surface area contributed by atoms with Crippen molar-refractivity contribution in [1.29, 1.82) is 0 Å². The van der Waals surface area contributed by atoms with Crippen LogP contribution in [0.25, 0.3) is 22.6 Å². The summed E-state index contributed by atoms with van der Waals surface area (Å²) in [6.45, 7) is 4.41. The van der Waals surface area contributed by atoms with Crippen LogP contribution in [0, 0.1) is 0 Å². The van der Waals surface area contributed by atoms with Crippen LogP contribution in [0.2, 0.25) is 0 Å². The zero-order valence-corrected chi connectivity index (χ0v) is 15.4. The molecule has 7 heteroatoms. The fourth-order valence-corrected chi connectivity index (χ4v) is 3.40. The molecule has 2 heterocycles. The lowest BCUT2D eigenvalue weighted by atomic mass is 10.1. The third kappa shape index (κ3) is 3.55. The second kappa shape index (κ2) is 7.24. The third-order valence-electron chi connectivity index (χ3n) is 4.78. The van der Waals surface area contributed by atoms with E-state index in [2.05, 4.69) is 11.6 Å². The lowest BCUT2D eigenvalue weighted by molar-refractivity contribution is -0.137. The second-order valence-corrected chi connectivity index (χ2v) is 6.68. The molecule has 0 saturated carbocycles. The van der Waals surface area contributed by atoms with Gasteiger partial charge in [-0.25, -0.2) is 4.98 Å². The van der Waals surface area contributed by atoms with Crippen molar-refractivity contribution >= 4 is 22.6 Å². The number of hydrogen-bond acceptors (Lipinski definition) is 3. The first-order chi connectivity index (χ1) is 13.9. The van der Waals surface area contributed by atoms with Crippen LogP contribution in [0.1, 0.15) is 23.4 Å². The Kier molecular flexibility index (Phi) is 4.74. The lowest BCUT2D eigenvalue weighted by Gasteiger charge is -2.10. The molecule has 29 heavy (non-hydrogen) atoms. The molecule has 2 aromatic carbocycles. The summed E-state index contributed by atoms with van der Waals surface area (Å²) in [7, 11) is 0. The van der Waals surface area contributed by atoms with E-state index in [0.29, 0.717) is 31.1 Å². The van der Waals surface area contributed by atoms with Crippen molar-refractivity contribution in [3.63, 3.8) is 0 Å². The van der Waals surface area contributed by atoms with Crippen molar-refractivity contribution in [2.75, 3.05) is 6.61 Å².